The maximum absolute atomic E-state index is 16.4. The molecular formula is C26H47F2N3O6Si2. The molecule has 1 amide bonds. The van der Waals surface area contributed by atoms with E-state index in [0.29, 0.717) is 12.1 Å². The van der Waals surface area contributed by atoms with Crippen molar-refractivity contribution in [2.24, 2.45) is 0 Å². The molecule has 0 radical (unpaired) electrons. The van der Waals surface area contributed by atoms with Crippen molar-refractivity contribution in [3.05, 3.63) is 17.0 Å². The lowest BCUT2D eigenvalue weighted by Gasteiger charge is -2.44. The Morgan fingerprint density at radius 3 is 1.97 bits per heavy atom. The van der Waals surface area contributed by atoms with E-state index in [9.17, 15) is 9.59 Å². The van der Waals surface area contributed by atoms with Gasteiger partial charge in [-0.2, -0.15) is 5.10 Å². The van der Waals surface area contributed by atoms with Crippen molar-refractivity contribution in [3.8, 4) is 0 Å². The van der Waals surface area contributed by atoms with Crippen LogP contribution in [0.2, 0.25) is 51.4 Å². The van der Waals surface area contributed by atoms with Gasteiger partial charge in [-0.1, -0.05) is 39.3 Å². The van der Waals surface area contributed by atoms with E-state index in [2.05, 4.69) is 49.5 Å². The molecule has 0 saturated heterocycles. The summed E-state index contributed by atoms with van der Waals surface area (Å²) in [4.78, 5) is 27.1. The van der Waals surface area contributed by atoms with Gasteiger partial charge in [0.05, 0.1) is 18.8 Å². The van der Waals surface area contributed by atoms with E-state index < -0.39 is 58.5 Å². The fourth-order valence-corrected chi connectivity index (χ4v) is 5.53. The maximum Gasteiger partial charge on any atom is 0.410 e. The molecule has 2 atom stereocenters. The summed E-state index contributed by atoms with van der Waals surface area (Å²) in [5, 5.41) is 6.81. The zero-order valence-corrected chi connectivity index (χ0v) is 27.2. The number of fused-ring (bicyclic) bond motifs is 1. The number of halogens is 2. The first-order chi connectivity index (χ1) is 17.8. The number of alkyl halides is 2. The van der Waals surface area contributed by atoms with Gasteiger partial charge < -0.3 is 23.8 Å². The highest BCUT2D eigenvalue weighted by atomic mass is 28.3. The number of rotatable bonds is 12. The molecule has 0 spiro atoms. The summed E-state index contributed by atoms with van der Waals surface area (Å²) in [6.45, 7) is 19.1. The number of carbonyl (C=O) groups excluding carboxylic acids is 2. The van der Waals surface area contributed by atoms with E-state index >= 15 is 8.78 Å². The number of aromatic amines is 1. The fourth-order valence-electron chi connectivity index (χ4n) is 4.07. The van der Waals surface area contributed by atoms with Crippen LogP contribution in [0.4, 0.5) is 13.6 Å². The number of nitrogens with one attached hydrogen (secondary N) is 1. The van der Waals surface area contributed by atoms with Gasteiger partial charge in [-0.3, -0.25) is 5.10 Å². The molecule has 0 fully saturated rings. The summed E-state index contributed by atoms with van der Waals surface area (Å²) < 4.78 is 54.7. The lowest BCUT2D eigenvalue weighted by molar-refractivity contribution is -0.187. The number of esters is 1. The van der Waals surface area contributed by atoms with Crippen LogP contribution in [0.1, 0.15) is 49.4 Å². The Morgan fingerprint density at radius 2 is 1.54 bits per heavy atom. The van der Waals surface area contributed by atoms with Gasteiger partial charge in [0.1, 0.15) is 16.7 Å². The molecule has 1 aliphatic heterocycles. The summed E-state index contributed by atoms with van der Waals surface area (Å²) in [6, 6.07) is 1.29. The molecule has 2 rings (SSSR count). The van der Waals surface area contributed by atoms with Crippen molar-refractivity contribution >= 4 is 28.2 Å². The normalized spacial score (nSPS) is 19.8. The fraction of sp³-hybridized carbons (Fsp3) is 0.808. The van der Waals surface area contributed by atoms with E-state index in [0.717, 1.165) is 0 Å². The minimum atomic E-state index is -2.22. The van der Waals surface area contributed by atoms with E-state index in [1.807, 2.05) is 0 Å². The second-order valence-corrected chi connectivity index (χ2v) is 24.8. The van der Waals surface area contributed by atoms with Gasteiger partial charge in [0.15, 0.2) is 0 Å². The Labute approximate surface area is 233 Å². The molecule has 224 valence electrons. The first-order valence-corrected chi connectivity index (χ1v) is 21.0. The average molecular weight is 592 g/mol. The molecule has 9 nitrogen and oxygen atoms in total. The highest BCUT2D eigenvalue weighted by Gasteiger charge is 2.58. The van der Waals surface area contributed by atoms with Crippen molar-refractivity contribution in [2.45, 2.75) is 109 Å². The van der Waals surface area contributed by atoms with Gasteiger partial charge in [-0.05, 0) is 39.8 Å². The first kappa shape index (κ1) is 33.4. The summed E-state index contributed by atoms with van der Waals surface area (Å²) in [7, 11) is -3.19. The molecule has 0 bridgehead atoms. The highest BCUT2D eigenvalue weighted by molar-refractivity contribution is 6.76. The van der Waals surface area contributed by atoms with Crippen molar-refractivity contribution < 1.29 is 37.3 Å². The van der Waals surface area contributed by atoms with Crippen LogP contribution in [-0.4, -0.2) is 88.0 Å². The summed E-state index contributed by atoms with van der Waals surface area (Å²) in [6.07, 6.45) is -5.23. The standard InChI is InChI=1S/C26H47F2N3O6Si2/c1-11-34-21(32)19-18-16-31(24(33)37-25(2,3)4)17-26(20(18)30-29-19,22(27)35-12-14-38(5,6)7)23(28)36-13-15-39(8,9)10/h22-23H,11-17H2,1-10H3,(H,29,30). The molecule has 0 aliphatic carbocycles. The zero-order valence-electron chi connectivity index (χ0n) is 25.2. The molecule has 0 aromatic carbocycles. The average Bonchev–Trinajstić information content (AvgIpc) is 3.20. The summed E-state index contributed by atoms with van der Waals surface area (Å²) >= 11 is 0. The lowest BCUT2D eigenvalue weighted by atomic mass is 9.78. The topological polar surface area (TPSA) is 103 Å². The summed E-state index contributed by atoms with van der Waals surface area (Å²) in [5.41, 5.74) is -2.99. The first-order valence-electron chi connectivity index (χ1n) is 13.5. The SMILES string of the molecule is CCOC(=O)c1[nH]nc2c1CN(C(=O)OC(C)(C)C)CC2(C(F)OCC[Si](C)(C)C)C(F)OCC[Si](C)(C)C. The van der Waals surface area contributed by atoms with Crippen molar-refractivity contribution in [1.29, 1.82) is 0 Å². The quantitative estimate of drug-likeness (QED) is 0.239. The predicted octanol–water partition coefficient (Wildman–Crippen LogP) is 5.88. The van der Waals surface area contributed by atoms with E-state index in [-0.39, 0.29) is 43.3 Å². The molecular weight excluding hydrogens is 544 g/mol. The molecule has 39 heavy (non-hydrogen) atoms. The molecule has 13 heteroatoms. The van der Waals surface area contributed by atoms with Crippen LogP contribution in [0.25, 0.3) is 0 Å². The van der Waals surface area contributed by atoms with Crippen LogP contribution in [-0.2, 0) is 30.9 Å². The van der Waals surface area contributed by atoms with Crippen LogP contribution in [0, 0.1) is 0 Å². The molecule has 1 aromatic rings. The largest absolute Gasteiger partial charge is 0.461 e. The number of nitrogens with zero attached hydrogens (tertiary/aromatic N) is 2. The van der Waals surface area contributed by atoms with Gasteiger partial charge in [0.25, 0.3) is 0 Å². The third kappa shape index (κ3) is 9.08. The van der Waals surface area contributed by atoms with Gasteiger partial charge in [0, 0.05) is 41.5 Å². The van der Waals surface area contributed by atoms with Gasteiger partial charge in [-0.25, -0.2) is 18.4 Å². The molecule has 2 heterocycles. The molecule has 1 N–H and O–H groups in total. The second kappa shape index (κ2) is 12.8. The van der Waals surface area contributed by atoms with Crippen LogP contribution >= 0.6 is 0 Å². The Balaban J connectivity index is 2.61. The van der Waals surface area contributed by atoms with Crippen LogP contribution < -0.4 is 0 Å². The van der Waals surface area contributed by atoms with E-state index in [4.69, 9.17) is 18.9 Å². The molecule has 2 unspecified atom stereocenters. The van der Waals surface area contributed by atoms with Crippen LogP contribution in [0.15, 0.2) is 0 Å². The second-order valence-electron chi connectivity index (χ2n) is 13.5. The van der Waals surface area contributed by atoms with E-state index in [1.54, 1.807) is 27.7 Å². The number of amides is 1. The van der Waals surface area contributed by atoms with Gasteiger partial charge in [-0.15, -0.1) is 0 Å². The maximum atomic E-state index is 16.4. The number of H-pyrrole nitrogens is 1. The van der Waals surface area contributed by atoms with Crippen LogP contribution in [0.3, 0.4) is 0 Å². The molecule has 0 saturated carbocycles. The minimum Gasteiger partial charge on any atom is -0.461 e. The predicted molar refractivity (Wildman–Crippen MR) is 151 cm³/mol. The zero-order chi connectivity index (χ0) is 29.8. The summed E-state index contributed by atoms with van der Waals surface area (Å²) in [5.74, 6) is -0.740. The molecule has 1 aromatic heterocycles. The molecule has 1 aliphatic rings. The van der Waals surface area contributed by atoms with Crippen LogP contribution in [0.5, 0.6) is 0 Å². The number of ether oxygens (including phenoxy) is 4. The third-order valence-electron chi connectivity index (χ3n) is 6.28. The van der Waals surface area contributed by atoms with E-state index in [1.165, 1.54) is 4.90 Å². The Hall–Kier alpha value is -1.84. The Kier molecular flexibility index (Phi) is 10.9. The number of hydrogen-bond acceptors (Lipinski definition) is 7. The third-order valence-corrected chi connectivity index (χ3v) is 9.69. The monoisotopic (exact) mass is 591 g/mol. The van der Waals surface area contributed by atoms with Crippen molar-refractivity contribution in [2.75, 3.05) is 26.4 Å². The lowest BCUT2D eigenvalue weighted by Crippen LogP contribution is -2.60. The van der Waals surface area contributed by atoms with Gasteiger partial charge >= 0.3 is 12.1 Å². The van der Waals surface area contributed by atoms with Crippen molar-refractivity contribution in [3.63, 3.8) is 0 Å². The number of carbonyl (C=O) groups is 2. The number of hydrogen-bond donors (Lipinski definition) is 1. The van der Waals surface area contributed by atoms with Gasteiger partial charge in [0.2, 0.25) is 12.7 Å². The highest BCUT2D eigenvalue weighted by Crippen LogP contribution is 2.44. The minimum absolute atomic E-state index is 0.0497. The van der Waals surface area contributed by atoms with Crippen molar-refractivity contribution in [1.82, 2.24) is 15.1 Å². The Morgan fingerprint density at radius 1 is 1.03 bits per heavy atom. The Bertz CT molecular complexity index is 962. The number of aromatic nitrogens is 2. The smallest absolute Gasteiger partial charge is 0.410 e.